The summed E-state index contributed by atoms with van der Waals surface area (Å²) in [7, 11) is -4.22. The summed E-state index contributed by atoms with van der Waals surface area (Å²) < 4.78 is 70.3. The predicted molar refractivity (Wildman–Crippen MR) is 78.7 cm³/mol. The zero-order valence-corrected chi connectivity index (χ0v) is 13.9. The Kier molecular flexibility index (Phi) is 5.86. The van der Waals surface area contributed by atoms with Crippen molar-refractivity contribution in [3.05, 3.63) is 17.0 Å². The molecule has 0 saturated carbocycles. The molecular formula is C12H15F3N2O5S2. The highest BCUT2D eigenvalue weighted by Crippen LogP contribution is 2.26. The van der Waals surface area contributed by atoms with E-state index in [2.05, 4.69) is 0 Å². The van der Waals surface area contributed by atoms with Gasteiger partial charge >= 0.3 is 12.1 Å². The minimum absolute atomic E-state index is 0.0497. The second-order valence-electron chi connectivity index (χ2n) is 5.02. The zero-order valence-electron chi connectivity index (χ0n) is 12.2. The van der Waals surface area contributed by atoms with Gasteiger partial charge in [0, 0.05) is 25.0 Å². The van der Waals surface area contributed by atoms with Crippen molar-refractivity contribution in [1.29, 1.82) is 0 Å². The van der Waals surface area contributed by atoms with Gasteiger partial charge in [-0.05, 0) is 6.07 Å². The summed E-state index contributed by atoms with van der Waals surface area (Å²) in [6.45, 7) is -0.466. The molecule has 0 amide bonds. The maximum Gasteiger partial charge on any atom is 0.405 e. The van der Waals surface area contributed by atoms with Crippen molar-refractivity contribution in [2.45, 2.75) is 16.4 Å². The number of sulfonamides is 1. The van der Waals surface area contributed by atoms with Crippen LogP contribution in [0.1, 0.15) is 10.4 Å². The standard InChI is InChI=1S/C12H15F3N2O5S2/c13-12(14,15)9(17-1-3-22-4-2-17)6-16-24(20,21)10-5-8(7-23-10)11(18)19/h5,7,9,16H,1-4,6H2,(H,18,19). The first-order valence-corrected chi connectivity index (χ1v) is 9.17. The molecule has 0 aromatic carbocycles. The molecule has 1 atom stereocenters. The summed E-state index contributed by atoms with van der Waals surface area (Å²) in [6.07, 6.45) is -4.61. The molecule has 1 aromatic heterocycles. The van der Waals surface area contributed by atoms with Gasteiger partial charge in [-0.15, -0.1) is 11.3 Å². The molecule has 1 fully saturated rings. The zero-order chi connectivity index (χ0) is 18.0. The Morgan fingerprint density at radius 2 is 2.04 bits per heavy atom. The van der Waals surface area contributed by atoms with Crippen LogP contribution in [0, 0.1) is 0 Å². The lowest BCUT2D eigenvalue weighted by Gasteiger charge is -2.35. The maximum atomic E-state index is 13.2. The molecule has 0 aliphatic carbocycles. The van der Waals surface area contributed by atoms with E-state index >= 15 is 0 Å². The van der Waals surface area contributed by atoms with Crippen LogP contribution in [0.4, 0.5) is 13.2 Å². The SMILES string of the molecule is O=C(O)c1csc(S(=O)(=O)NCC(N2CCOCC2)C(F)(F)F)c1. The fourth-order valence-corrected chi connectivity index (χ4v) is 4.41. The molecule has 2 rings (SSSR count). The predicted octanol–water partition coefficient (Wildman–Crippen LogP) is 0.988. The Hall–Kier alpha value is -1.21. The van der Waals surface area contributed by atoms with Gasteiger partial charge in [-0.1, -0.05) is 0 Å². The van der Waals surface area contributed by atoms with E-state index in [1.165, 1.54) is 0 Å². The highest BCUT2D eigenvalue weighted by molar-refractivity contribution is 7.91. The first-order valence-electron chi connectivity index (χ1n) is 6.81. The minimum atomic E-state index is -4.61. The number of morpholine rings is 1. The summed E-state index contributed by atoms with van der Waals surface area (Å²) >= 11 is 0.633. The van der Waals surface area contributed by atoms with Gasteiger partial charge in [0.2, 0.25) is 10.0 Å². The van der Waals surface area contributed by atoms with E-state index in [9.17, 15) is 26.4 Å². The molecule has 2 heterocycles. The van der Waals surface area contributed by atoms with E-state index in [1.807, 2.05) is 4.72 Å². The summed E-state index contributed by atoms with van der Waals surface area (Å²) in [4.78, 5) is 11.9. The second kappa shape index (κ2) is 7.35. The van der Waals surface area contributed by atoms with Gasteiger partial charge in [0.25, 0.3) is 0 Å². The van der Waals surface area contributed by atoms with E-state index in [0.717, 1.165) is 16.3 Å². The number of rotatable bonds is 6. The molecule has 1 saturated heterocycles. The quantitative estimate of drug-likeness (QED) is 0.755. The van der Waals surface area contributed by atoms with Crippen LogP contribution in [0.5, 0.6) is 0 Å². The molecule has 1 aliphatic rings. The van der Waals surface area contributed by atoms with Crippen molar-refractivity contribution in [3.8, 4) is 0 Å². The maximum absolute atomic E-state index is 13.2. The molecule has 7 nitrogen and oxygen atoms in total. The smallest absolute Gasteiger partial charge is 0.405 e. The Balaban J connectivity index is 2.10. The van der Waals surface area contributed by atoms with Crippen molar-refractivity contribution < 1.29 is 36.2 Å². The van der Waals surface area contributed by atoms with Gasteiger partial charge in [-0.2, -0.15) is 13.2 Å². The lowest BCUT2D eigenvalue weighted by atomic mass is 10.2. The van der Waals surface area contributed by atoms with Gasteiger partial charge < -0.3 is 9.84 Å². The summed E-state index contributed by atoms with van der Waals surface area (Å²) in [6, 6.07) is -1.07. The molecule has 1 unspecified atom stereocenters. The average Bonchev–Trinajstić information content (AvgIpc) is 2.98. The molecule has 0 bridgehead atoms. The lowest BCUT2D eigenvalue weighted by molar-refractivity contribution is -0.189. The van der Waals surface area contributed by atoms with Crippen LogP contribution in [-0.4, -0.2) is 69.5 Å². The van der Waals surface area contributed by atoms with E-state index in [4.69, 9.17) is 9.84 Å². The van der Waals surface area contributed by atoms with Crippen LogP contribution in [-0.2, 0) is 14.8 Å². The first-order chi connectivity index (χ1) is 11.1. The van der Waals surface area contributed by atoms with Crippen molar-refractivity contribution in [3.63, 3.8) is 0 Å². The molecule has 1 aliphatic heterocycles. The monoisotopic (exact) mass is 388 g/mol. The second-order valence-corrected chi connectivity index (χ2v) is 7.92. The molecule has 1 aromatic rings. The third-order valence-electron chi connectivity index (χ3n) is 3.42. The number of ether oxygens (including phenoxy) is 1. The molecule has 12 heteroatoms. The fourth-order valence-electron chi connectivity index (χ4n) is 2.17. The molecule has 24 heavy (non-hydrogen) atoms. The molecule has 136 valence electrons. The van der Waals surface area contributed by atoms with Gasteiger partial charge in [0.15, 0.2) is 0 Å². The third kappa shape index (κ3) is 4.66. The van der Waals surface area contributed by atoms with Crippen LogP contribution >= 0.6 is 11.3 Å². The van der Waals surface area contributed by atoms with E-state index in [0.29, 0.717) is 11.3 Å². The van der Waals surface area contributed by atoms with Crippen molar-refractivity contribution >= 4 is 27.3 Å². The van der Waals surface area contributed by atoms with Crippen LogP contribution in [0.3, 0.4) is 0 Å². The Morgan fingerprint density at radius 3 is 2.54 bits per heavy atom. The van der Waals surface area contributed by atoms with Crippen LogP contribution in [0.15, 0.2) is 15.7 Å². The normalized spacial score (nSPS) is 18.5. The molecule has 0 radical (unpaired) electrons. The molecular weight excluding hydrogens is 373 g/mol. The van der Waals surface area contributed by atoms with Gasteiger partial charge in [-0.3, -0.25) is 4.90 Å². The number of thiophene rings is 1. The van der Waals surface area contributed by atoms with Gasteiger partial charge in [-0.25, -0.2) is 17.9 Å². The number of carboxylic acids is 1. The van der Waals surface area contributed by atoms with Crippen LogP contribution in [0.2, 0.25) is 0 Å². The number of nitrogens with zero attached hydrogens (tertiary/aromatic N) is 1. The Morgan fingerprint density at radius 1 is 1.42 bits per heavy atom. The highest BCUT2D eigenvalue weighted by Gasteiger charge is 2.44. The number of carboxylic acid groups (broad SMARTS) is 1. The largest absolute Gasteiger partial charge is 0.478 e. The Bertz CT molecular complexity index is 683. The topological polar surface area (TPSA) is 95.9 Å². The first kappa shape index (κ1) is 19.1. The fraction of sp³-hybridized carbons (Fsp3) is 0.583. The van der Waals surface area contributed by atoms with Crippen LogP contribution < -0.4 is 4.72 Å². The highest BCUT2D eigenvalue weighted by atomic mass is 32.2. The van der Waals surface area contributed by atoms with Crippen molar-refractivity contribution in [2.24, 2.45) is 0 Å². The third-order valence-corrected chi connectivity index (χ3v) is 6.28. The van der Waals surface area contributed by atoms with E-state index in [-0.39, 0.29) is 36.1 Å². The number of hydrogen-bond acceptors (Lipinski definition) is 6. The minimum Gasteiger partial charge on any atom is -0.478 e. The van der Waals surface area contributed by atoms with Crippen molar-refractivity contribution in [1.82, 2.24) is 9.62 Å². The number of alkyl halides is 3. The molecule has 2 N–H and O–H groups in total. The van der Waals surface area contributed by atoms with E-state index < -0.39 is 34.8 Å². The Labute approximate surface area is 140 Å². The number of hydrogen-bond donors (Lipinski definition) is 2. The van der Waals surface area contributed by atoms with Crippen molar-refractivity contribution in [2.75, 3.05) is 32.8 Å². The number of carbonyl (C=O) groups is 1. The summed E-state index contributed by atoms with van der Waals surface area (Å²) in [5.41, 5.74) is -0.235. The number of aromatic carboxylic acids is 1. The average molecular weight is 388 g/mol. The lowest BCUT2D eigenvalue weighted by Crippen LogP contribution is -2.55. The van der Waals surface area contributed by atoms with Gasteiger partial charge in [0.1, 0.15) is 10.3 Å². The summed E-state index contributed by atoms with van der Waals surface area (Å²) in [5, 5.41) is 9.89. The van der Waals surface area contributed by atoms with Gasteiger partial charge in [0.05, 0.1) is 18.8 Å². The van der Waals surface area contributed by atoms with Crippen LogP contribution in [0.25, 0.3) is 0 Å². The van der Waals surface area contributed by atoms with E-state index in [1.54, 1.807) is 0 Å². The summed E-state index contributed by atoms with van der Waals surface area (Å²) in [5.74, 6) is -1.31. The molecule has 0 spiro atoms. The number of nitrogens with one attached hydrogen (secondary N) is 1. The number of halogens is 3.